The molecule has 174 valence electrons. The zero-order chi connectivity index (χ0) is 24.1. The van der Waals surface area contributed by atoms with Crippen LogP contribution in [-0.4, -0.2) is 27.7 Å². The quantitative estimate of drug-likeness (QED) is 0.489. The molecule has 0 atom stereocenters. The van der Waals surface area contributed by atoms with Gasteiger partial charge in [0.2, 0.25) is 11.8 Å². The number of fused-ring (bicyclic) bond motifs is 3. The molecule has 0 fully saturated rings. The van der Waals surface area contributed by atoms with Crippen molar-refractivity contribution in [2.45, 2.75) is 58.3 Å². The van der Waals surface area contributed by atoms with Crippen LogP contribution in [0.4, 0.5) is 4.79 Å². The lowest BCUT2D eigenvalue weighted by Crippen LogP contribution is -2.22. The molecule has 1 aliphatic rings. The first-order chi connectivity index (χ1) is 15.4. The van der Waals surface area contributed by atoms with E-state index in [1.54, 1.807) is 0 Å². The van der Waals surface area contributed by atoms with Gasteiger partial charge in [-0.15, -0.1) is 4.73 Å². The first-order valence-electron chi connectivity index (χ1n) is 11.1. The van der Waals surface area contributed by atoms with Crippen molar-refractivity contribution in [3.63, 3.8) is 0 Å². The van der Waals surface area contributed by atoms with Crippen LogP contribution in [0.3, 0.4) is 0 Å². The highest BCUT2D eigenvalue weighted by Gasteiger charge is 2.32. The van der Waals surface area contributed by atoms with Gasteiger partial charge in [0, 0.05) is 18.1 Å². The van der Waals surface area contributed by atoms with Crippen LogP contribution in [0.15, 0.2) is 48.5 Å². The summed E-state index contributed by atoms with van der Waals surface area (Å²) in [6, 6.07) is 15.5. The number of carbonyl (C=O) groups excluding carboxylic acids is 1. The minimum Gasteiger partial charge on any atom is -0.492 e. The fraction of sp³-hybridized carbons (Fsp3) is 0.370. The van der Waals surface area contributed by atoms with E-state index < -0.39 is 17.9 Å². The van der Waals surface area contributed by atoms with E-state index in [0.29, 0.717) is 4.73 Å². The van der Waals surface area contributed by atoms with Crippen LogP contribution < -0.4 is 4.84 Å². The van der Waals surface area contributed by atoms with Crippen LogP contribution in [-0.2, 0) is 15.6 Å². The van der Waals surface area contributed by atoms with Crippen molar-refractivity contribution in [1.29, 1.82) is 0 Å². The van der Waals surface area contributed by atoms with E-state index >= 15 is 0 Å². The molecule has 3 aromatic rings. The second-order valence-corrected chi connectivity index (χ2v) is 10.7. The van der Waals surface area contributed by atoms with E-state index in [0.717, 1.165) is 22.3 Å². The molecule has 0 spiro atoms. The summed E-state index contributed by atoms with van der Waals surface area (Å²) in [5.41, 5.74) is 6.88. The summed E-state index contributed by atoms with van der Waals surface area (Å²) < 4.78 is 6.09. The molecule has 2 aromatic carbocycles. The number of hydrogen-bond donors (Lipinski definition) is 2. The Labute approximate surface area is 194 Å². The Balaban J connectivity index is 1.68. The van der Waals surface area contributed by atoms with E-state index in [9.17, 15) is 15.0 Å². The van der Waals surface area contributed by atoms with E-state index in [-0.39, 0.29) is 23.4 Å². The molecule has 0 amide bonds. The van der Waals surface area contributed by atoms with E-state index in [1.165, 1.54) is 23.3 Å². The van der Waals surface area contributed by atoms with E-state index in [2.05, 4.69) is 77.9 Å². The molecule has 2 N–H and O–H groups in total. The van der Waals surface area contributed by atoms with Crippen molar-refractivity contribution in [3.05, 3.63) is 70.8 Å². The summed E-state index contributed by atoms with van der Waals surface area (Å²) in [4.78, 5) is 17.3. The average molecular weight is 450 g/mol. The van der Waals surface area contributed by atoms with Gasteiger partial charge in [0.05, 0.1) is 0 Å². The lowest BCUT2D eigenvalue weighted by atomic mass is 9.83. The molecule has 1 aromatic heterocycles. The maximum Gasteiger partial charge on any atom is 0.534 e. The van der Waals surface area contributed by atoms with Gasteiger partial charge in [-0.05, 0) is 44.2 Å². The molecule has 4 rings (SSSR count). The SMILES string of the molecule is CC(C)(C)c1ccc2c(c1)C(COC(=O)On1c(O)ccc1O)c1cc(C(C)(C)C)ccc1-2. The van der Waals surface area contributed by atoms with E-state index in [1.807, 2.05) is 0 Å². The smallest absolute Gasteiger partial charge is 0.492 e. The largest absolute Gasteiger partial charge is 0.534 e. The van der Waals surface area contributed by atoms with Crippen LogP contribution in [0.1, 0.15) is 69.7 Å². The topological polar surface area (TPSA) is 80.9 Å². The van der Waals surface area contributed by atoms with Crippen LogP contribution >= 0.6 is 0 Å². The Bertz CT molecular complexity index is 1130. The van der Waals surface area contributed by atoms with Crippen LogP contribution in [0.25, 0.3) is 11.1 Å². The molecule has 6 nitrogen and oxygen atoms in total. The lowest BCUT2D eigenvalue weighted by Gasteiger charge is -2.22. The number of aromatic nitrogens is 1. The summed E-state index contributed by atoms with van der Waals surface area (Å²) in [6.07, 6.45) is -1.01. The summed E-state index contributed by atoms with van der Waals surface area (Å²) in [7, 11) is 0. The van der Waals surface area contributed by atoms with E-state index in [4.69, 9.17) is 9.57 Å². The van der Waals surface area contributed by atoms with Crippen molar-refractivity contribution in [3.8, 4) is 22.9 Å². The first-order valence-corrected chi connectivity index (χ1v) is 11.1. The Morgan fingerprint density at radius 3 is 1.70 bits per heavy atom. The van der Waals surface area contributed by atoms with Gasteiger partial charge in [-0.3, -0.25) is 4.84 Å². The number of ether oxygens (including phenoxy) is 1. The second-order valence-electron chi connectivity index (χ2n) is 10.7. The van der Waals surface area contributed by atoms with Crippen molar-refractivity contribution in [2.75, 3.05) is 6.61 Å². The third kappa shape index (κ3) is 4.30. The molecule has 6 heteroatoms. The molecule has 0 radical (unpaired) electrons. The predicted molar refractivity (Wildman–Crippen MR) is 127 cm³/mol. The van der Waals surface area contributed by atoms with Gasteiger partial charge in [-0.2, -0.15) is 0 Å². The molecular formula is C27H31NO5. The van der Waals surface area contributed by atoms with Crippen LogP contribution in [0.5, 0.6) is 11.8 Å². The number of carbonyl (C=O) groups is 1. The highest BCUT2D eigenvalue weighted by atomic mass is 16.8. The van der Waals surface area contributed by atoms with Crippen molar-refractivity contribution in [2.24, 2.45) is 0 Å². The maximum atomic E-state index is 12.4. The summed E-state index contributed by atoms with van der Waals surface area (Å²) >= 11 is 0. The highest BCUT2D eigenvalue weighted by Crippen LogP contribution is 2.47. The fourth-order valence-electron chi connectivity index (χ4n) is 4.22. The Hall–Kier alpha value is -3.41. The summed E-state index contributed by atoms with van der Waals surface area (Å²) in [5, 5.41) is 19.4. The molecule has 1 aliphatic carbocycles. The second kappa shape index (κ2) is 7.87. The van der Waals surface area contributed by atoms with Gasteiger partial charge in [0.1, 0.15) is 6.61 Å². The molecule has 0 bridgehead atoms. The minimum absolute atomic E-state index is 0.0197. The molecule has 0 saturated carbocycles. The van der Waals surface area contributed by atoms with Gasteiger partial charge in [0.25, 0.3) is 0 Å². The lowest BCUT2D eigenvalue weighted by molar-refractivity contribution is 0.0341. The third-order valence-corrected chi connectivity index (χ3v) is 6.21. The summed E-state index contributed by atoms with van der Waals surface area (Å²) in [5.74, 6) is -0.949. The Morgan fingerprint density at radius 1 is 0.818 bits per heavy atom. The fourth-order valence-corrected chi connectivity index (χ4v) is 4.22. The Kier molecular flexibility index (Phi) is 5.43. The zero-order valence-electron chi connectivity index (χ0n) is 20.0. The Morgan fingerprint density at radius 2 is 1.27 bits per heavy atom. The van der Waals surface area contributed by atoms with Crippen molar-refractivity contribution in [1.82, 2.24) is 4.73 Å². The number of nitrogens with zero attached hydrogens (tertiary/aromatic N) is 1. The maximum absolute atomic E-state index is 12.4. The highest BCUT2D eigenvalue weighted by molar-refractivity contribution is 5.80. The molecule has 0 saturated heterocycles. The molecule has 1 heterocycles. The van der Waals surface area contributed by atoms with Gasteiger partial charge < -0.3 is 14.9 Å². The predicted octanol–water partition coefficient (Wildman–Crippen LogP) is 5.87. The number of hydrogen-bond acceptors (Lipinski definition) is 5. The molecule has 0 unspecified atom stereocenters. The average Bonchev–Trinajstić information content (AvgIpc) is 3.21. The normalized spacial score (nSPS) is 13.5. The van der Waals surface area contributed by atoms with Crippen molar-refractivity contribution >= 4 is 6.16 Å². The standard InChI is InChI=1S/C27H31NO5/c1-26(2,3)16-7-9-18-19-10-8-17(27(4,5)6)14-21(19)22(20(18)13-16)15-32-25(31)33-28-23(29)11-12-24(28)30/h7-14,22,29-30H,15H2,1-6H3. The van der Waals surface area contributed by atoms with Crippen molar-refractivity contribution < 1.29 is 24.6 Å². The van der Waals surface area contributed by atoms with Crippen LogP contribution in [0, 0.1) is 0 Å². The number of benzene rings is 2. The van der Waals surface area contributed by atoms with Gasteiger partial charge in [-0.25, -0.2) is 4.79 Å². The molecule has 33 heavy (non-hydrogen) atoms. The van der Waals surface area contributed by atoms with Crippen LogP contribution in [0.2, 0.25) is 0 Å². The minimum atomic E-state index is -1.01. The molecular weight excluding hydrogens is 418 g/mol. The number of rotatable bonds is 3. The van der Waals surface area contributed by atoms with Gasteiger partial charge in [0.15, 0.2) is 0 Å². The zero-order valence-corrected chi connectivity index (χ0v) is 20.0. The van der Waals surface area contributed by atoms with Gasteiger partial charge in [-0.1, -0.05) is 77.9 Å². The van der Waals surface area contributed by atoms with Gasteiger partial charge >= 0.3 is 6.16 Å². The monoisotopic (exact) mass is 449 g/mol. The first kappa shape index (κ1) is 22.8. The third-order valence-electron chi connectivity index (χ3n) is 6.21. The summed E-state index contributed by atoms with van der Waals surface area (Å²) in [6.45, 7) is 13.1. The molecule has 0 aliphatic heterocycles. The number of aromatic hydroxyl groups is 2.